The Morgan fingerprint density at radius 1 is 0.444 bits per heavy atom. The van der Waals surface area contributed by atoms with Gasteiger partial charge in [0.05, 0.1) is 22.7 Å². The molecule has 0 aliphatic carbocycles. The third-order valence-corrected chi connectivity index (χ3v) is 5.87. The first kappa shape index (κ1) is 23.1. The second-order valence-electron chi connectivity index (χ2n) is 8.70. The van der Waals surface area contributed by atoms with Crippen molar-refractivity contribution < 1.29 is 0 Å². The Hall–Kier alpha value is -4.70. The van der Waals surface area contributed by atoms with Gasteiger partial charge in [0.2, 0.25) is 0 Å². The lowest BCUT2D eigenvalue weighted by Crippen LogP contribution is -1.81. The van der Waals surface area contributed by atoms with Gasteiger partial charge in [-0.3, -0.25) is 9.98 Å². The average Bonchev–Trinajstić information content (AvgIpc) is 2.92. The van der Waals surface area contributed by atoms with E-state index < -0.39 is 0 Å². The Balaban J connectivity index is 1.34. The summed E-state index contributed by atoms with van der Waals surface area (Å²) in [6, 6.07) is 36.4. The van der Waals surface area contributed by atoms with E-state index in [0.717, 1.165) is 44.6 Å². The highest BCUT2D eigenvalue weighted by molar-refractivity contribution is 6.01. The van der Waals surface area contributed by atoms with Crippen LogP contribution in [0, 0.1) is 13.8 Å². The number of aryl methyl sites for hydroxylation is 2. The molecule has 0 spiro atoms. The number of nitrogens with zero attached hydrogens (tertiary/aromatic N) is 4. The van der Waals surface area contributed by atoms with Crippen LogP contribution in [-0.2, 0) is 0 Å². The Labute approximate surface area is 211 Å². The zero-order valence-corrected chi connectivity index (χ0v) is 20.3. The summed E-state index contributed by atoms with van der Waals surface area (Å²) in [5.41, 5.74) is 7.96. The van der Waals surface area contributed by atoms with Crippen molar-refractivity contribution in [1.82, 2.24) is 0 Å². The average molecular weight is 467 g/mol. The van der Waals surface area contributed by atoms with Crippen molar-refractivity contribution in [1.29, 1.82) is 0 Å². The van der Waals surface area contributed by atoms with E-state index in [9.17, 15) is 0 Å². The molecule has 0 aliphatic heterocycles. The van der Waals surface area contributed by atoms with E-state index in [1.54, 1.807) is 0 Å². The zero-order valence-electron chi connectivity index (χ0n) is 20.3. The Kier molecular flexibility index (Phi) is 6.86. The topological polar surface area (TPSA) is 49.4 Å². The maximum absolute atomic E-state index is 4.74. The van der Waals surface area contributed by atoms with Crippen LogP contribution in [0.3, 0.4) is 0 Å². The molecule has 5 aromatic carbocycles. The highest BCUT2D eigenvalue weighted by atomic mass is 15.1. The predicted octanol–water partition coefficient (Wildman–Crippen LogP) is 9.37. The molecule has 0 aliphatic rings. The molecule has 0 fully saturated rings. The number of aliphatic imine (C=N–C) groups is 2. The van der Waals surface area contributed by atoms with Gasteiger partial charge >= 0.3 is 0 Å². The van der Waals surface area contributed by atoms with Gasteiger partial charge in [-0.05, 0) is 61.4 Å². The minimum Gasteiger partial charge on any atom is -0.256 e. The van der Waals surface area contributed by atoms with Crippen LogP contribution in [0.15, 0.2) is 129 Å². The lowest BCUT2D eigenvalue weighted by atomic mass is 10.1. The van der Waals surface area contributed by atoms with Gasteiger partial charge in [0.25, 0.3) is 0 Å². The van der Waals surface area contributed by atoms with E-state index in [-0.39, 0.29) is 0 Å². The molecular formula is C32H26N4. The predicted molar refractivity (Wildman–Crippen MR) is 151 cm³/mol. The smallest absolute Gasteiger partial charge is 0.0936 e. The molecule has 0 unspecified atom stereocenters. The van der Waals surface area contributed by atoms with E-state index in [0.29, 0.717) is 0 Å². The van der Waals surface area contributed by atoms with Gasteiger partial charge in [0.1, 0.15) is 0 Å². The normalized spacial score (nSPS) is 11.8. The molecule has 4 nitrogen and oxygen atoms in total. The summed E-state index contributed by atoms with van der Waals surface area (Å²) in [5, 5.41) is 11.1. The van der Waals surface area contributed by atoms with Gasteiger partial charge in [-0.25, -0.2) is 0 Å². The fourth-order valence-corrected chi connectivity index (χ4v) is 3.78. The molecular weight excluding hydrogens is 440 g/mol. The van der Waals surface area contributed by atoms with Crippen LogP contribution in [0.1, 0.15) is 22.3 Å². The van der Waals surface area contributed by atoms with Crippen molar-refractivity contribution in [3.8, 4) is 0 Å². The largest absolute Gasteiger partial charge is 0.256 e. The third kappa shape index (κ3) is 5.68. The first-order valence-electron chi connectivity index (χ1n) is 11.9. The minimum absolute atomic E-state index is 0.773. The Morgan fingerprint density at radius 3 is 1.56 bits per heavy atom. The zero-order chi connectivity index (χ0) is 24.7. The van der Waals surface area contributed by atoms with E-state index in [4.69, 9.17) is 4.99 Å². The SMILES string of the molecule is Cc1ccc(C=Nc2ccc(N=Nc3ccc(N=Cc4ccc(C)cc4)c4ccccc34)cc2)cc1. The summed E-state index contributed by atoms with van der Waals surface area (Å²) >= 11 is 0. The van der Waals surface area contributed by atoms with Crippen molar-refractivity contribution in [2.75, 3.05) is 0 Å². The second kappa shape index (κ2) is 10.7. The maximum Gasteiger partial charge on any atom is 0.0936 e. The number of hydrogen-bond acceptors (Lipinski definition) is 4. The summed E-state index contributed by atoms with van der Waals surface area (Å²) < 4.78 is 0. The van der Waals surface area contributed by atoms with Gasteiger partial charge in [0.15, 0.2) is 0 Å². The molecule has 0 aromatic heterocycles. The highest BCUT2D eigenvalue weighted by Crippen LogP contribution is 2.34. The standard InChI is InChI=1S/C32H26N4/c1-23-7-11-25(12-8-23)21-33-27-15-17-28(18-16-27)35-36-32-20-19-31(29-5-3-4-6-30(29)32)34-22-26-13-9-24(2)10-14-26/h3-22H,1-2H3. The number of azo groups is 1. The molecule has 174 valence electrons. The fourth-order valence-electron chi connectivity index (χ4n) is 3.78. The molecule has 5 aromatic rings. The summed E-state index contributed by atoms with van der Waals surface area (Å²) in [6.45, 7) is 4.16. The van der Waals surface area contributed by atoms with Crippen molar-refractivity contribution >= 4 is 46.0 Å². The van der Waals surface area contributed by atoms with Gasteiger partial charge < -0.3 is 0 Å². The van der Waals surface area contributed by atoms with Crippen LogP contribution < -0.4 is 0 Å². The molecule has 0 bridgehead atoms. The molecule has 0 atom stereocenters. The molecule has 0 N–H and O–H groups in total. The van der Waals surface area contributed by atoms with Crippen molar-refractivity contribution in [3.05, 3.63) is 131 Å². The summed E-state index contributed by atoms with van der Waals surface area (Å²) in [4.78, 5) is 9.29. The van der Waals surface area contributed by atoms with Gasteiger partial charge in [-0.1, -0.05) is 83.9 Å². The van der Waals surface area contributed by atoms with Crippen LogP contribution in [0.4, 0.5) is 22.7 Å². The minimum atomic E-state index is 0.773. The molecule has 4 heteroatoms. The van der Waals surface area contributed by atoms with Crippen molar-refractivity contribution in [3.63, 3.8) is 0 Å². The van der Waals surface area contributed by atoms with Crippen LogP contribution in [0.2, 0.25) is 0 Å². The molecule has 0 radical (unpaired) electrons. The lowest BCUT2D eigenvalue weighted by Gasteiger charge is -2.05. The van der Waals surface area contributed by atoms with Gasteiger partial charge in [-0.15, -0.1) is 5.11 Å². The maximum atomic E-state index is 4.74. The fraction of sp³-hybridized carbons (Fsp3) is 0.0625. The van der Waals surface area contributed by atoms with E-state index in [1.165, 1.54) is 11.1 Å². The number of rotatable bonds is 6. The number of fused-ring (bicyclic) bond motifs is 1. The first-order valence-corrected chi connectivity index (χ1v) is 11.9. The summed E-state index contributed by atoms with van der Waals surface area (Å²) in [7, 11) is 0. The monoisotopic (exact) mass is 466 g/mol. The van der Waals surface area contributed by atoms with Crippen LogP contribution in [0.25, 0.3) is 10.8 Å². The summed E-state index contributed by atoms with van der Waals surface area (Å²) in [6.07, 6.45) is 3.76. The Morgan fingerprint density at radius 2 is 0.944 bits per heavy atom. The van der Waals surface area contributed by atoms with Crippen molar-refractivity contribution in [2.45, 2.75) is 13.8 Å². The number of hydrogen-bond donors (Lipinski definition) is 0. The molecule has 0 heterocycles. The van der Waals surface area contributed by atoms with E-state index in [1.807, 2.05) is 61.0 Å². The molecule has 36 heavy (non-hydrogen) atoms. The van der Waals surface area contributed by atoms with Crippen LogP contribution >= 0.6 is 0 Å². The molecule has 5 rings (SSSR count). The van der Waals surface area contributed by atoms with Gasteiger partial charge in [-0.2, -0.15) is 5.11 Å². The summed E-state index contributed by atoms with van der Waals surface area (Å²) in [5.74, 6) is 0. The van der Waals surface area contributed by atoms with Crippen LogP contribution in [0.5, 0.6) is 0 Å². The highest BCUT2D eigenvalue weighted by Gasteiger charge is 2.05. The Bertz CT molecular complexity index is 1560. The van der Waals surface area contributed by atoms with Crippen molar-refractivity contribution in [2.24, 2.45) is 20.2 Å². The van der Waals surface area contributed by atoms with Crippen LogP contribution in [-0.4, -0.2) is 12.4 Å². The molecule has 0 saturated carbocycles. The molecule has 0 amide bonds. The lowest BCUT2D eigenvalue weighted by molar-refractivity contribution is 1.24. The second-order valence-corrected chi connectivity index (χ2v) is 8.70. The van der Waals surface area contributed by atoms with E-state index >= 15 is 0 Å². The quantitative estimate of drug-likeness (QED) is 0.177. The molecule has 0 saturated heterocycles. The van der Waals surface area contributed by atoms with E-state index in [2.05, 4.69) is 89.7 Å². The first-order chi connectivity index (χ1) is 17.6. The number of benzene rings is 5. The van der Waals surface area contributed by atoms with Gasteiger partial charge in [0, 0.05) is 23.2 Å². The third-order valence-electron chi connectivity index (χ3n) is 5.87.